The number of benzene rings is 1. The molecule has 5 nitrogen and oxygen atoms in total. The van der Waals surface area contributed by atoms with Crippen molar-refractivity contribution in [1.29, 1.82) is 0 Å². The molecule has 2 N–H and O–H groups in total. The molecule has 0 aliphatic heterocycles. The number of fused-ring (bicyclic) bond motifs is 1. The van der Waals surface area contributed by atoms with Crippen molar-refractivity contribution >= 4 is 38.8 Å². The number of carboxylic acids is 1. The molecule has 2 aromatic rings. The van der Waals surface area contributed by atoms with Gasteiger partial charge < -0.3 is 14.8 Å². The summed E-state index contributed by atoms with van der Waals surface area (Å²) < 4.78 is 4.96. The standard InChI is InChI=1S/C11H8BrNO4/c1-17-11(16)5-2-3-7-6(4-5)8(10(14)15)9(12)13-7/h2-4,13H,1H3,(H,14,15). The van der Waals surface area contributed by atoms with Crippen molar-refractivity contribution in [3.8, 4) is 0 Å². The Hall–Kier alpha value is -1.82. The molecular formula is C11H8BrNO4. The summed E-state index contributed by atoms with van der Waals surface area (Å²) >= 11 is 3.14. The molecule has 0 bridgehead atoms. The normalized spacial score (nSPS) is 10.5. The summed E-state index contributed by atoms with van der Waals surface area (Å²) in [5.41, 5.74) is 1.06. The lowest BCUT2D eigenvalue weighted by atomic mass is 10.1. The Bertz CT molecular complexity index is 617. The zero-order valence-electron chi connectivity index (χ0n) is 8.78. The number of nitrogens with one attached hydrogen (secondary N) is 1. The number of ether oxygens (including phenoxy) is 1. The average Bonchev–Trinajstić information content (AvgIpc) is 2.62. The molecule has 0 fully saturated rings. The molecule has 1 aromatic carbocycles. The number of H-pyrrole nitrogens is 1. The molecule has 0 aliphatic carbocycles. The summed E-state index contributed by atoms with van der Waals surface area (Å²) in [6.07, 6.45) is 0. The van der Waals surface area contributed by atoms with Gasteiger partial charge in [-0.1, -0.05) is 0 Å². The van der Waals surface area contributed by atoms with Gasteiger partial charge in [-0.2, -0.15) is 0 Å². The van der Waals surface area contributed by atoms with E-state index in [2.05, 4.69) is 25.7 Å². The summed E-state index contributed by atoms with van der Waals surface area (Å²) in [6.45, 7) is 0. The van der Waals surface area contributed by atoms with E-state index in [1.807, 2.05) is 0 Å². The Morgan fingerprint density at radius 3 is 2.71 bits per heavy atom. The highest BCUT2D eigenvalue weighted by atomic mass is 79.9. The van der Waals surface area contributed by atoms with Gasteiger partial charge in [0.05, 0.1) is 22.8 Å². The molecule has 0 aliphatic rings. The third kappa shape index (κ3) is 1.91. The number of hydrogen-bond donors (Lipinski definition) is 2. The van der Waals surface area contributed by atoms with Gasteiger partial charge in [0.15, 0.2) is 0 Å². The van der Waals surface area contributed by atoms with Crippen LogP contribution in [0.4, 0.5) is 0 Å². The zero-order chi connectivity index (χ0) is 12.6. The first kappa shape index (κ1) is 11.7. The van der Waals surface area contributed by atoms with E-state index in [0.29, 0.717) is 21.1 Å². The number of carbonyl (C=O) groups excluding carboxylic acids is 1. The lowest BCUT2D eigenvalue weighted by Gasteiger charge is -1.99. The fraction of sp³-hybridized carbons (Fsp3) is 0.0909. The van der Waals surface area contributed by atoms with Crippen LogP contribution in [0.15, 0.2) is 22.8 Å². The van der Waals surface area contributed by atoms with Crippen LogP contribution in [0.2, 0.25) is 0 Å². The second-order valence-corrected chi connectivity index (χ2v) is 4.16. The average molecular weight is 298 g/mol. The van der Waals surface area contributed by atoms with Crippen LogP contribution in [-0.2, 0) is 4.74 Å². The van der Waals surface area contributed by atoms with Crippen LogP contribution >= 0.6 is 15.9 Å². The van der Waals surface area contributed by atoms with Gasteiger partial charge in [0.1, 0.15) is 0 Å². The number of aromatic nitrogens is 1. The van der Waals surface area contributed by atoms with E-state index in [1.165, 1.54) is 13.2 Å². The number of esters is 1. The molecule has 6 heteroatoms. The Balaban J connectivity index is 2.70. The highest BCUT2D eigenvalue weighted by molar-refractivity contribution is 9.10. The Labute approximate surface area is 105 Å². The molecule has 17 heavy (non-hydrogen) atoms. The fourth-order valence-electron chi connectivity index (χ4n) is 1.61. The van der Waals surface area contributed by atoms with Crippen LogP contribution in [0.3, 0.4) is 0 Å². The van der Waals surface area contributed by atoms with E-state index in [4.69, 9.17) is 5.11 Å². The summed E-state index contributed by atoms with van der Waals surface area (Å²) in [5.74, 6) is -1.56. The first-order valence-corrected chi connectivity index (χ1v) is 5.46. The summed E-state index contributed by atoms with van der Waals surface area (Å²) in [4.78, 5) is 25.3. The first-order valence-electron chi connectivity index (χ1n) is 4.67. The SMILES string of the molecule is COC(=O)c1ccc2[nH]c(Br)c(C(=O)O)c2c1. The zero-order valence-corrected chi connectivity index (χ0v) is 10.4. The molecule has 0 atom stereocenters. The van der Waals surface area contributed by atoms with Crippen LogP contribution < -0.4 is 0 Å². The Morgan fingerprint density at radius 2 is 2.12 bits per heavy atom. The third-order valence-electron chi connectivity index (χ3n) is 2.39. The van der Waals surface area contributed by atoms with Gasteiger partial charge in [0.25, 0.3) is 0 Å². The van der Waals surface area contributed by atoms with Gasteiger partial charge in [-0.05, 0) is 34.1 Å². The minimum atomic E-state index is -1.06. The maximum absolute atomic E-state index is 11.4. The summed E-state index contributed by atoms with van der Waals surface area (Å²) in [6, 6.07) is 4.70. The lowest BCUT2D eigenvalue weighted by molar-refractivity contribution is 0.0599. The molecule has 88 valence electrons. The third-order valence-corrected chi connectivity index (χ3v) is 2.98. The predicted octanol–water partition coefficient (Wildman–Crippen LogP) is 2.42. The number of aromatic carboxylic acids is 1. The number of carbonyl (C=O) groups is 2. The van der Waals surface area contributed by atoms with Crippen molar-refractivity contribution in [2.45, 2.75) is 0 Å². The topological polar surface area (TPSA) is 79.4 Å². The summed E-state index contributed by atoms with van der Waals surface area (Å²) in [5, 5.41) is 9.54. The smallest absolute Gasteiger partial charge is 0.339 e. The monoisotopic (exact) mass is 297 g/mol. The largest absolute Gasteiger partial charge is 0.478 e. The maximum Gasteiger partial charge on any atom is 0.339 e. The minimum absolute atomic E-state index is 0.103. The Kier molecular flexibility index (Phi) is 2.89. The minimum Gasteiger partial charge on any atom is -0.478 e. The van der Waals surface area contributed by atoms with Crippen molar-refractivity contribution in [3.63, 3.8) is 0 Å². The van der Waals surface area contributed by atoms with Crippen molar-refractivity contribution in [2.24, 2.45) is 0 Å². The van der Waals surface area contributed by atoms with Gasteiger partial charge in [-0.25, -0.2) is 9.59 Å². The van der Waals surface area contributed by atoms with Gasteiger partial charge in [0, 0.05) is 10.9 Å². The van der Waals surface area contributed by atoms with Crippen molar-refractivity contribution in [3.05, 3.63) is 33.9 Å². The first-order chi connectivity index (χ1) is 8.04. The number of hydrogen-bond acceptors (Lipinski definition) is 3. The molecule has 0 saturated heterocycles. The Morgan fingerprint density at radius 1 is 1.41 bits per heavy atom. The molecular weight excluding hydrogens is 290 g/mol. The molecule has 0 radical (unpaired) electrons. The van der Waals surface area contributed by atoms with Gasteiger partial charge in [-0.15, -0.1) is 0 Å². The van der Waals surface area contributed by atoms with Crippen LogP contribution in [0.5, 0.6) is 0 Å². The van der Waals surface area contributed by atoms with E-state index < -0.39 is 11.9 Å². The number of aromatic amines is 1. The lowest BCUT2D eigenvalue weighted by Crippen LogP contribution is -2.01. The van der Waals surface area contributed by atoms with Crippen LogP contribution in [0, 0.1) is 0 Å². The number of rotatable bonds is 2. The molecule has 1 heterocycles. The highest BCUT2D eigenvalue weighted by Gasteiger charge is 2.17. The quantitative estimate of drug-likeness (QED) is 0.834. The molecule has 1 aromatic heterocycles. The number of carboxylic acid groups (broad SMARTS) is 1. The van der Waals surface area contributed by atoms with Gasteiger partial charge >= 0.3 is 11.9 Å². The second-order valence-electron chi connectivity index (χ2n) is 3.37. The molecule has 0 amide bonds. The predicted molar refractivity (Wildman–Crippen MR) is 64.3 cm³/mol. The van der Waals surface area contributed by atoms with E-state index in [0.717, 1.165) is 0 Å². The van der Waals surface area contributed by atoms with E-state index in [-0.39, 0.29) is 5.56 Å². The number of methoxy groups -OCH3 is 1. The highest BCUT2D eigenvalue weighted by Crippen LogP contribution is 2.27. The summed E-state index contributed by atoms with van der Waals surface area (Å²) in [7, 11) is 1.28. The van der Waals surface area contributed by atoms with Crippen LogP contribution in [0.1, 0.15) is 20.7 Å². The molecule has 2 rings (SSSR count). The fourth-order valence-corrected chi connectivity index (χ4v) is 2.21. The van der Waals surface area contributed by atoms with Crippen molar-refractivity contribution < 1.29 is 19.4 Å². The molecule has 0 unspecified atom stereocenters. The maximum atomic E-state index is 11.4. The van der Waals surface area contributed by atoms with Crippen LogP contribution in [-0.4, -0.2) is 29.1 Å². The van der Waals surface area contributed by atoms with Gasteiger partial charge in [-0.3, -0.25) is 0 Å². The molecule has 0 saturated carbocycles. The van der Waals surface area contributed by atoms with Gasteiger partial charge in [0.2, 0.25) is 0 Å². The van der Waals surface area contributed by atoms with Crippen molar-refractivity contribution in [1.82, 2.24) is 4.98 Å². The van der Waals surface area contributed by atoms with Crippen molar-refractivity contribution in [2.75, 3.05) is 7.11 Å². The van der Waals surface area contributed by atoms with E-state index >= 15 is 0 Å². The van der Waals surface area contributed by atoms with E-state index in [9.17, 15) is 9.59 Å². The van der Waals surface area contributed by atoms with E-state index in [1.54, 1.807) is 12.1 Å². The second kappa shape index (κ2) is 4.21. The van der Waals surface area contributed by atoms with Crippen LogP contribution in [0.25, 0.3) is 10.9 Å². The molecule has 0 spiro atoms. The number of halogens is 1.